The van der Waals surface area contributed by atoms with Gasteiger partial charge in [-0.1, -0.05) is 36.4 Å². The van der Waals surface area contributed by atoms with E-state index in [2.05, 4.69) is 21.2 Å². The van der Waals surface area contributed by atoms with Crippen LogP contribution in [0.1, 0.15) is 21.5 Å². The fourth-order valence-corrected chi connectivity index (χ4v) is 3.21. The van der Waals surface area contributed by atoms with Gasteiger partial charge in [0.25, 0.3) is 5.91 Å². The third kappa shape index (κ3) is 2.01. The number of phenolic OH excluding ortho intramolecular Hbond substituents is 1. The lowest BCUT2D eigenvalue weighted by Gasteiger charge is -2.29. The van der Waals surface area contributed by atoms with Crippen LogP contribution < -0.4 is 16.1 Å². The summed E-state index contributed by atoms with van der Waals surface area (Å²) < 4.78 is 0. The Kier molecular flexibility index (Phi) is 3.26. The fourth-order valence-electron chi connectivity index (χ4n) is 3.21. The maximum absolute atomic E-state index is 12.2. The summed E-state index contributed by atoms with van der Waals surface area (Å²) in [6.07, 6.45) is 0. The zero-order valence-corrected chi connectivity index (χ0v) is 13.2. The van der Waals surface area contributed by atoms with Crippen molar-refractivity contribution in [3.05, 3.63) is 65.2 Å². The molecule has 0 spiro atoms. The van der Waals surface area contributed by atoms with Crippen molar-refractivity contribution in [1.29, 1.82) is 0 Å². The molecule has 1 saturated heterocycles. The Labute approximate surface area is 147 Å². The topological polar surface area (TPSA) is 143 Å². The molecule has 9 heteroatoms. The van der Waals surface area contributed by atoms with Gasteiger partial charge in [0, 0.05) is 11.1 Å². The minimum Gasteiger partial charge on any atom is -0.507 e. The highest BCUT2D eigenvalue weighted by Crippen LogP contribution is 2.43. The van der Waals surface area contributed by atoms with E-state index in [1.165, 1.54) is 18.2 Å². The molecular formula is C17H14N4O5. The Balaban J connectivity index is 1.76. The zero-order chi connectivity index (χ0) is 18.5. The lowest BCUT2D eigenvalue weighted by atomic mass is 10.0. The summed E-state index contributed by atoms with van der Waals surface area (Å²) in [5, 5.41) is 39.9. The molecule has 9 nitrogen and oxygen atoms in total. The van der Waals surface area contributed by atoms with E-state index in [0.717, 1.165) is 0 Å². The molecule has 0 saturated carbocycles. The van der Waals surface area contributed by atoms with Crippen molar-refractivity contribution in [3.63, 3.8) is 0 Å². The average molecular weight is 354 g/mol. The van der Waals surface area contributed by atoms with Gasteiger partial charge in [0.2, 0.25) is 11.4 Å². The molecule has 1 heterocycles. The molecule has 0 aromatic heterocycles. The summed E-state index contributed by atoms with van der Waals surface area (Å²) in [4.78, 5) is 24.0. The highest BCUT2D eigenvalue weighted by Gasteiger charge is 2.67. The average Bonchev–Trinajstić information content (AvgIpc) is 2.94. The number of amides is 3. The number of phenols is 1. The quantitative estimate of drug-likeness (QED) is 0.410. The van der Waals surface area contributed by atoms with E-state index < -0.39 is 23.4 Å². The number of aromatic hydroxyl groups is 1. The first-order chi connectivity index (χ1) is 12.4. The van der Waals surface area contributed by atoms with Crippen LogP contribution in [0.4, 0.5) is 4.79 Å². The van der Waals surface area contributed by atoms with Crippen molar-refractivity contribution < 1.29 is 24.9 Å². The molecule has 2 aromatic rings. The molecule has 4 rings (SSSR count). The van der Waals surface area contributed by atoms with E-state index in [9.17, 15) is 24.9 Å². The molecule has 2 aromatic carbocycles. The number of aliphatic hydroxyl groups is 2. The first-order valence-corrected chi connectivity index (χ1v) is 7.68. The van der Waals surface area contributed by atoms with Crippen molar-refractivity contribution in [2.45, 2.75) is 11.4 Å². The van der Waals surface area contributed by atoms with Crippen LogP contribution >= 0.6 is 0 Å². The van der Waals surface area contributed by atoms with Gasteiger partial charge >= 0.3 is 6.03 Å². The van der Waals surface area contributed by atoms with Crippen molar-refractivity contribution in [2.24, 2.45) is 5.10 Å². The Bertz CT molecular complexity index is 975. The maximum atomic E-state index is 12.2. The Hall–Kier alpha value is -3.43. The molecule has 0 unspecified atom stereocenters. The van der Waals surface area contributed by atoms with Gasteiger partial charge in [-0.2, -0.15) is 5.10 Å². The Morgan fingerprint density at radius 3 is 2.42 bits per heavy atom. The van der Waals surface area contributed by atoms with Crippen molar-refractivity contribution >= 4 is 17.6 Å². The molecule has 1 aliphatic heterocycles. The summed E-state index contributed by atoms with van der Waals surface area (Å²) in [5.41, 5.74) is -1.73. The van der Waals surface area contributed by atoms with E-state index >= 15 is 0 Å². The Morgan fingerprint density at radius 2 is 1.65 bits per heavy atom. The van der Waals surface area contributed by atoms with E-state index in [1.807, 2.05) is 0 Å². The van der Waals surface area contributed by atoms with Gasteiger partial charge in [0.15, 0.2) is 0 Å². The molecule has 3 amide bonds. The number of benzene rings is 2. The maximum Gasteiger partial charge on any atom is 0.320 e. The number of urea groups is 1. The number of carbonyl (C=O) groups is 2. The second-order valence-corrected chi connectivity index (χ2v) is 5.96. The second kappa shape index (κ2) is 5.28. The number of hydrogen-bond acceptors (Lipinski definition) is 6. The standard InChI is InChI=1S/C17H14N4O5/c22-12-8-4-2-6-10(12)14(23)21-20-13-9-5-1-3-7-11(9)16(25)17(13,26)19-15(24)18-16/h1-8,22,25-26H,(H,21,23)(H2,18,19,24)/b20-13-/t16-,17-/m0/s1. The van der Waals surface area contributed by atoms with Crippen molar-refractivity contribution in [3.8, 4) is 5.75 Å². The monoisotopic (exact) mass is 354 g/mol. The predicted molar refractivity (Wildman–Crippen MR) is 89.1 cm³/mol. The number of fused-ring (bicyclic) bond motifs is 3. The molecule has 6 N–H and O–H groups in total. The second-order valence-electron chi connectivity index (χ2n) is 5.96. The van der Waals surface area contributed by atoms with Gasteiger partial charge in [-0.3, -0.25) is 4.79 Å². The van der Waals surface area contributed by atoms with Gasteiger partial charge in [0.05, 0.1) is 5.56 Å². The fraction of sp³-hybridized carbons (Fsp3) is 0.118. The highest BCUT2D eigenvalue weighted by atomic mass is 16.4. The lowest BCUT2D eigenvalue weighted by molar-refractivity contribution is -0.110. The zero-order valence-electron chi connectivity index (χ0n) is 13.2. The minimum atomic E-state index is -2.26. The summed E-state index contributed by atoms with van der Waals surface area (Å²) in [5.74, 6) is -0.951. The molecule has 1 fully saturated rings. The van der Waals surface area contributed by atoms with Gasteiger partial charge in [0.1, 0.15) is 11.5 Å². The van der Waals surface area contributed by atoms with Crippen LogP contribution in [0.15, 0.2) is 53.6 Å². The summed E-state index contributed by atoms with van der Waals surface area (Å²) in [6.45, 7) is 0. The van der Waals surface area contributed by atoms with Crippen molar-refractivity contribution in [1.82, 2.24) is 16.1 Å². The smallest absolute Gasteiger partial charge is 0.320 e. The number of nitrogens with one attached hydrogen (secondary N) is 3. The molecule has 26 heavy (non-hydrogen) atoms. The van der Waals surface area contributed by atoms with Crippen LogP contribution in [0.2, 0.25) is 0 Å². The number of para-hydroxylation sites is 1. The predicted octanol–water partition coefficient (Wildman–Crippen LogP) is -0.314. The molecule has 0 bridgehead atoms. The first kappa shape index (κ1) is 16.1. The summed E-state index contributed by atoms with van der Waals surface area (Å²) in [7, 11) is 0. The summed E-state index contributed by atoms with van der Waals surface area (Å²) in [6, 6.07) is 11.5. The molecule has 2 atom stereocenters. The number of hydrazone groups is 1. The van der Waals surface area contributed by atoms with E-state index in [-0.39, 0.29) is 22.6 Å². The van der Waals surface area contributed by atoms with Crippen LogP contribution in [0.5, 0.6) is 5.75 Å². The van der Waals surface area contributed by atoms with E-state index in [1.54, 1.807) is 30.3 Å². The first-order valence-electron chi connectivity index (χ1n) is 7.68. The normalized spacial score (nSPS) is 27.5. The largest absolute Gasteiger partial charge is 0.507 e. The molecule has 0 radical (unpaired) electrons. The van der Waals surface area contributed by atoms with Crippen LogP contribution in [0, 0.1) is 0 Å². The van der Waals surface area contributed by atoms with Crippen LogP contribution in [-0.4, -0.2) is 38.7 Å². The van der Waals surface area contributed by atoms with E-state index in [4.69, 9.17) is 0 Å². The van der Waals surface area contributed by atoms with Gasteiger partial charge in [-0.15, -0.1) is 0 Å². The molecule has 132 valence electrons. The molecular weight excluding hydrogens is 340 g/mol. The number of rotatable bonds is 2. The Morgan fingerprint density at radius 1 is 1.00 bits per heavy atom. The van der Waals surface area contributed by atoms with Gasteiger partial charge in [-0.25, -0.2) is 10.2 Å². The van der Waals surface area contributed by atoms with E-state index in [0.29, 0.717) is 5.56 Å². The highest BCUT2D eigenvalue weighted by molar-refractivity contribution is 6.15. The third-order valence-corrected chi connectivity index (χ3v) is 4.45. The summed E-state index contributed by atoms with van der Waals surface area (Å²) >= 11 is 0. The van der Waals surface area contributed by atoms with Crippen LogP contribution in [0.25, 0.3) is 0 Å². The minimum absolute atomic E-state index is 0.0148. The number of hydrogen-bond donors (Lipinski definition) is 6. The van der Waals surface area contributed by atoms with Crippen molar-refractivity contribution in [2.75, 3.05) is 0 Å². The SMILES string of the molecule is O=C1N[C@]2(O)/C(=N\NC(=O)c3ccccc3O)c3ccccc3[C@@]2(O)N1. The van der Waals surface area contributed by atoms with Crippen LogP contribution in [0.3, 0.4) is 0 Å². The molecule has 1 aliphatic carbocycles. The molecule has 2 aliphatic rings. The van der Waals surface area contributed by atoms with Gasteiger partial charge < -0.3 is 26.0 Å². The van der Waals surface area contributed by atoms with Crippen LogP contribution in [-0.2, 0) is 5.72 Å². The number of carbonyl (C=O) groups excluding carboxylic acids is 2. The van der Waals surface area contributed by atoms with Gasteiger partial charge in [-0.05, 0) is 12.1 Å². The lowest BCUT2D eigenvalue weighted by Crippen LogP contribution is -2.58. The number of nitrogens with zero attached hydrogens (tertiary/aromatic N) is 1. The third-order valence-electron chi connectivity index (χ3n) is 4.45.